The molecular formula is C8H7N2. The van der Waals surface area contributed by atoms with Crippen LogP contribution in [0.3, 0.4) is 0 Å². The summed E-state index contributed by atoms with van der Waals surface area (Å²) in [4.78, 5) is 4.15. The summed E-state index contributed by atoms with van der Waals surface area (Å²) in [5, 5.41) is 0. The van der Waals surface area contributed by atoms with E-state index in [9.17, 15) is 0 Å². The number of nitrogens with zero attached hydrogens (tertiary/aromatic N) is 2. The van der Waals surface area contributed by atoms with E-state index in [1.165, 1.54) is 0 Å². The molecular weight excluding hydrogens is 124 g/mol. The molecule has 1 radical (unpaired) electrons. The number of aromatic nitrogens is 2. The first-order chi connectivity index (χ1) is 4.88. The third-order valence-corrected chi connectivity index (χ3v) is 1.54. The fraction of sp³-hybridized carbons (Fsp3) is 0.125. The second-order valence-corrected chi connectivity index (χ2v) is 2.26. The summed E-state index contributed by atoms with van der Waals surface area (Å²) in [5.41, 5.74) is 2.06. The number of fused-ring (bicyclic) bond motifs is 1. The van der Waals surface area contributed by atoms with Crippen molar-refractivity contribution in [3.8, 4) is 0 Å². The SMILES string of the molecule is Cn1cnc2ccc[c]c21. The van der Waals surface area contributed by atoms with Crippen LogP contribution in [0.2, 0.25) is 0 Å². The molecule has 2 heteroatoms. The fourth-order valence-electron chi connectivity index (χ4n) is 1.01. The summed E-state index contributed by atoms with van der Waals surface area (Å²) >= 11 is 0. The van der Waals surface area contributed by atoms with Gasteiger partial charge in [-0.3, -0.25) is 0 Å². The van der Waals surface area contributed by atoms with Crippen molar-refractivity contribution in [2.24, 2.45) is 7.05 Å². The van der Waals surface area contributed by atoms with Crippen LogP contribution < -0.4 is 0 Å². The van der Waals surface area contributed by atoms with Gasteiger partial charge in [0.1, 0.15) is 0 Å². The lowest BCUT2D eigenvalue weighted by molar-refractivity contribution is 0.947. The molecule has 1 heterocycles. The van der Waals surface area contributed by atoms with Crippen molar-refractivity contribution >= 4 is 11.0 Å². The molecule has 2 nitrogen and oxygen atoms in total. The maximum atomic E-state index is 4.15. The van der Waals surface area contributed by atoms with Crippen LogP contribution >= 0.6 is 0 Å². The predicted octanol–water partition coefficient (Wildman–Crippen LogP) is 1.37. The van der Waals surface area contributed by atoms with Gasteiger partial charge >= 0.3 is 0 Å². The minimum Gasteiger partial charge on any atom is -0.333 e. The van der Waals surface area contributed by atoms with Gasteiger partial charge in [0, 0.05) is 13.1 Å². The van der Waals surface area contributed by atoms with Gasteiger partial charge in [0.05, 0.1) is 17.4 Å². The van der Waals surface area contributed by atoms with Crippen molar-refractivity contribution in [3.05, 3.63) is 30.6 Å². The van der Waals surface area contributed by atoms with Crippen molar-refractivity contribution in [1.29, 1.82) is 0 Å². The molecule has 1 aromatic heterocycles. The minimum absolute atomic E-state index is 1.00. The third-order valence-electron chi connectivity index (χ3n) is 1.54. The summed E-state index contributed by atoms with van der Waals surface area (Å²) in [6.45, 7) is 0. The summed E-state index contributed by atoms with van der Waals surface area (Å²) < 4.78 is 1.95. The van der Waals surface area contributed by atoms with Crippen LogP contribution in [0.5, 0.6) is 0 Å². The highest BCUT2D eigenvalue weighted by Crippen LogP contribution is 2.08. The maximum Gasteiger partial charge on any atom is 0.0955 e. The van der Waals surface area contributed by atoms with Crippen molar-refractivity contribution in [2.45, 2.75) is 0 Å². The molecule has 0 spiro atoms. The lowest BCUT2D eigenvalue weighted by Crippen LogP contribution is -1.81. The van der Waals surface area contributed by atoms with Crippen molar-refractivity contribution in [2.75, 3.05) is 0 Å². The first-order valence-electron chi connectivity index (χ1n) is 3.15. The molecule has 10 heavy (non-hydrogen) atoms. The monoisotopic (exact) mass is 131 g/mol. The third kappa shape index (κ3) is 0.620. The fourth-order valence-corrected chi connectivity index (χ4v) is 1.01. The highest BCUT2D eigenvalue weighted by atomic mass is 15.0. The number of hydrogen-bond donors (Lipinski definition) is 0. The molecule has 2 rings (SSSR count). The van der Waals surface area contributed by atoms with Gasteiger partial charge < -0.3 is 4.57 Å². The molecule has 0 aliphatic rings. The van der Waals surface area contributed by atoms with Crippen molar-refractivity contribution in [1.82, 2.24) is 9.55 Å². The Kier molecular flexibility index (Phi) is 1.01. The number of benzene rings is 1. The lowest BCUT2D eigenvalue weighted by atomic mass is 10.3. The van der Waals surface area contributed by atoms with Gasteiger partial charge in [-0.2, -0.15) is 0 Å². The molecule has 49 valence electrons. The standard InChI is InChI=1S/C8H7N2/c1-10-6-9-7-4-2-3-5-8(7)10/h2-4,6H,1H3. The van der Waals surface area contributed by atoms with Gasteiger partial charge in [-0.15, -0.1) is 0 Å². The highest BCUT2D eigenvalue weighted by molar-refractivity contribution is 5.73. The molecule has 0 fully saturated rings. The molecule has 0 saturated carbocycles. The molecule has 0 aliphatic heterocycles. The molecule has 1 aromatic carbocycles. The van der Waals surface area contributed by atoms with E-state index in [0.717, 1.165) is 11.0 Å². The van der Waals surface area contributed by atoms with Crippen LogP contribution in [-0.4, -0.2) is 9.55 Å². The Morgan fingerprint density at radius 1 is 1.60 bits per heavy atom. The van der Waals surface area contributed by atoms with E-state index in [1.807, 2.05) is 29.8 Å². The van der Waals surface area contributed by atoms with E-state index < -0.39 is 0 Å². The Morgan fingerprint density at radius 2 is 2.50 bits per heavy atom. The van der Waals surface area contributed by atoms with E-state index in [0.29, 0.717) is 0 Å². The summed E-state index contributed by atoms with van der Waals surface area (Å²) in [6, 6.07) is 8.91. The van der Waals surface area contributed by atoms with Crippen LogP contribution in [0.15, 0.2) is 24.5 Å². The Bertz CT molecular complexity index is 349. The van der Waals surface area contributed by atoms with Gasteiger partial charge in [-0.05, 0) is 6.07 Å². The van der Waals surface area contributed by atoms with Crippen LogP contribution in [0.1, 0.15) is 0 Å². The average Bonchev–Trinajstić information content (AvgIpc) is 2.34. The Labute approximate surface area is 59.1 Å². The van der Waals surface area contributed by atoms with Crippen molar-refractivity contribution < 1.29 is 0 Å². The smallest absolute Gasteiger partial charge is 0.0955 e. The van der Waals surface area contributed by atoms with E-state index in [1.54, 1.807) is 6.33 Å². The largest absolute Gasteiger partial charge is 0.333 e. The summed E-state index contributed by atoms with van der Waals surface area (Å²) in [7, 11) is 1.96. The number of imidazole rings is 1. The molecule has 0 saturated heterocycles. The van der Waals surface area contributed by atoms with Crippen LogP contribution in [-0.2, 0) is 7.05 Å². The zero-order chi connectivity index (χ0) is 6.97. The number of para-hydroxylation sites is 1. The lowest BCUT2D eigenvalue weighted by Gasteiger charge is -1.89. The molecule has 0 atom stereocenters. The zero-order valence-electron chi connectivity index (χ0n) is 5.70. The summed E-state index contributed by atoms with van der Waals surface area (Å²) in [5.74, 6) is 0. The van der Waals surface area contributed by atoms with Crippen LogP contribution in [0.4, 0.5) is 0 Å². The topological polar surface area (TPSA) is 17.8 Å². The second kappa shape index (κ2) is 1.84. The molecule has 0 bridgehead atoms. The summed E-state index contributed by atoms with van der Waals surface area (Å²) in [6.07, 6.45) is 1.79. The first-order valence-corrected chi connectivity index (χ1v) is 3.15. The van der Waals surface area contributed by atoms with Gasteiger partial charge in [-0.25, -0.2) is 4.98 Å². The quantitative estimate of drug-likeness (QED) is 0.528. The second-order valence-electron chi connectivity index (χ2n) is 2.26. The molecule has 0 amide bonds. The van der Waals surface area contributed by atoms with Crippen LogP contribution in [0.25, 0.3) is 11.0 Å². The Balaban J connectivity index is 2.93. The zero-order valence-corrected chi connectivity index (χ0v) is 5.70. The Hall–Kier alpha value is -1.31. The van der Waals surface area contributed by atoms with Gasteiger partial charge in [0.15, 0.2) is 0 Å². The van der Waals surface area contributed by atoms with Crippen molar-refractivity contribution in [3.63, 3.8) is 0 Å². The normalized spacial score (nSPS) is 10.5. The van der Waals surface area contributed by atoms with Crippen LogP contribution in [0, 0.1) is 6.07 Å². The van der Waals surface area contributed by atoms with E-state index in [4.69, 9.17) is 0 Å². The van der Waals surface area contributed by atoms with E-state index >= 15 is 0 Å². The molecule has 0 unspecified atom stereocenters. The molecule has 0 N–H and O–H groups in total. The number of hydrogen-bond acceptors (Lipinski definition) is 1. The number of rotatable bonds is 0. The van der Waals surface area contributed by atoms with Gasteiger partial charge in [0.2, 0.25) is 0 Å². The first kappa shape index (κ1) is 5.47. The molecule has 2 aromatic rings. The predicted molar refractivity (Wildman–Crippen MR) is 39.6 cm³/mol. The van der Waals surface area contributed by atoms with Gasteiger partial charge in [0.25, 0.3) is 0 Å². The average molecular weight is 131 g/mol. The Morgan fingerprint density at radius 3 is 3.30 bits per heavy atom. The van der Waals surface area contributed by atoms with Gasteiger partial charge in [-0.1, -0.05) is 12.1 Å². The highest BCUT2D eigenvalue weighted by Gasteiger charge is 1.94. The number of aryl methyl sites for hydroxylation is 1. The molecule has 0 aliphatic carbocycles. The minimum atomic E-state index is 1.00. The van der Waals surface area contributed by atoms with E-state index in [2.05, 4.69) is 11.1 Å². The maximum absolute atomic E-state index is 4.15. The van der Waals surface area contributed by atoms with E-state index in [-0.39, 0.29) is 0 Å².